The molecule has 5 atom stereocenters. The number of aliphatic hydroxyl groups excluding tert-OH is 2. The van der Waals surface area contributed by atoms with Crippen LogP contribution in [-0.4, -0.2) is 84.2 Å². The second kappa shape index (κ2) is 10.2. The smallest absolute Gasteiger partial charge is 0.0698 e. The van der Waals surface area contributed by atoms with Crippen molar-refractivity contribution in [1.29, 1.82) is 0 Å². The van der Waals surface area contributed by atoms with Crippen LogP contribution in [0.2, 0.25) is 0 Å². The van der Waals surface area contributed by atoms with Crippen LogP contribution in [0.15, 0.2) is 0 Å². The van der Waals surface area contributed by atoms with Crippen LogP contribution in [0.1, 0.15) is 52.9 Å². The third-order valence-corrected chi connectivity index (χ3v) is 6.01. The average Bonchev–Trinajstić information content (AvgIpc) is 3.13. The number of nitrogens with zero attached hydrogens (tertiary/aromatic N) is 2. The molecule has 2 saturated carbocycles. The van der Waals surface area contributed by atoms with Gasteiger partial charge in [-0.05, 0) is 57.5 Å². The summed E-state index contributed by atoms with van der Waals surface area (Å²) < 4.78 is 5.95. The van der Waals surface area contributed by atoms with Crippen LogP contribution in [0.3, 0.4) is 0 Å². The van der Waals surface area contributed by atoms with Gasteiger partial charge in [-0.15, -0.1) is 0 Å². The van der Waals surface area contributed by atoms with Gasteiger partial charge in [-0.3, -0.25) is 4.90 Å². The molecule has 0 amide bonds. The minimum Gasteiger partial charge on any atom is -0.391 e. The van der Waals surface area contributed by atoms with Crippen LogP contribution in [0.25, 0.3) is 0 Å². The van der Waals surface area contributed by atoms with E-state index in [9.17, 15) is 10.2 Å². The van der Waals surface area contributed by atoms with Crippen LogP contribution in [0, 0.1) is 11.8 Å². The maximum Gasteiger partial charge on any atom is 0.0698 e. The second-order valence-corrected chi connectivity index (χ2v) is 8.57. The predicted molar refractivity (Wildman–Crippen MR) is 102 cm³/mol. The fraction of sp³-hybridized carbons (Fsp3) is 1.00. The summed E-state index contributed by atoms with van der Waals surface area (Å²) >= 11 is 0. The highest BCUT2D eigenvalue weighted by Crippen LogP contribution is 2.30. The number of ether oxygens (including phenoxy) is 1. The Kier molecular flexibility index (Phi) is 8.62. The van der Waals surface area contributed by atoms with Crippen molar-refractivity contribution in [2.75, 3.05) is 39.9 Å². The van der Waals surface area contributed by atoms with Crippen molar-refractivity contribution < 1.29 is 14.9 Å². The SMILES string of the molecule is CCN(CCOCC1C[C@H](O)[C@@H](N(C)CC(C)C)C1)[C@H]1CCC[C@H]1O. The molecule has 148 valence electrons. The molecule has 2 rings (SSSR count). The minimum atomic E-state index is -0.224. The average molecular weight is 357 g/mol. The highest BCUT2D eigenvalue weighted by Gasteiger charge is 2.35. The lowest BCUT2D eigenvalue weighted by atomic mass is 10.1. The van der Waals surface area contributed by atoms with Gasteiger partial charge in [-0.2, -0.15) is 0 Å². The largest absolute Gasteiger partial charge is 0.391 e. The number of hydrogen-bond donors (Lipinski definition) is 2. The first-order chi connectivity index (χ1) is 11.9. The molecule has 2 fully saturated rings. The quantitative estimate of drug-likeness (QED) is 0.586. The Balaban J connectivity index is 1.66. The zero-order valence-corrected chi connectivity index (χ0v) is 16.7. The van der Waals surface area contributed by atoms with Crippen LogP contribution >= 0.6 is 0 Å². The van der Waals surface area contributed by atoms with Gasteiger partial charge < -0.3 is 19.8 Å². The summed E-state index contributed by atoms with van der Waals surface area (Å²) in [5.74, 6) is 1.08. The summed E-state index contributed by atoms with van der Waals surface area (Å²) in [7, 11) is 2.13. The summed E-state index contributed by atoms with van der Waals surface area (Å²) in [6, 6.07) is 0.591. The van der Waals surface area contributed by atoms with Gasteiger partial charge in [-0.25, -0.2) is 0 Å². The van der Waals surface area contributed by atoms with Crippen LogP contribution in [0.5, 0.6) is 0 Å². The molecule has 1 unspecified atom stereocenters. The van der Waals surface area contributed by atoms with E-state index in [2.05, 4.69) is 37.6 Å². The van der Waals surface area contributed by atoms with Gasteiger partial charge in [0.05, 0.1) is 18.8 Å². The van der Waals surface area contributed by atoms with Gasteiger partial charge in [-0.1, -0.05) is 20.8 Å². The van der Waals surface area contributed by atoms with E-state index >= 15 is 0 Å². The van der Waals surface area contributed by atoms with E-state index in [1.807, 2.05) is 0 Å². The monoisotopic (exact) mass is 356 g/mol. The zero-order chi connectivity index (χ0) is 18.4. The maximum atomic E-state index is 10.4. The van der Waals surface area contributed by atoms with Crippen molar-refractivity contribution in [3.63, 3.8) is 0 Å². The molecule has 0 heterocycles. The Hall–Kier alpha value is -0.200. The minimum absolute atomic E-state index is 0.165. The normalized spacial score (nSPS) is 33.2. The topological polar surface area (TPSA) is 56.2 Å². The number of rotatable bonds is 10. The highest BCUT2D eigenvalue weighted by molar-refractivity contribution is 4.89. The van der Waals surface area contributed by atoms with Crippen molar-refractivity contribution in [2.24, 2.45) is 11.8 Å². The molecule has 0 aromatic rings. The van der Waals surface area contributed by atoms with E-state index in [0.29, 0.717) is 17.9 Å². The first-order valence-electron chi connectivity index (χ1n) is 10.3. The maximum absolute atomic E-state index is 10.4. The van der Waals surface area contributed by atoms with Gasteiger partial charge in [0.2, 0.25) is 0 Å². The number of hydrogen-bond acceptors (Lipinski definition) is 5. The van der Waals surface area contributed by atoms with E-state index in [1.54, 1.807) is 0 Å². The molecule has 0 radical (unpaired) electrons. The Labute approximate surface area is 154 Å². The van der Waals surface area contributed by atoms with Crippen molar-refractivity contribution in [3.8, 4) is 0 Å². The standard InChI is InChI=1S/C20H40N2O3/c1-5-22(17-7-6-8-19(17)23)9-10-25-14-16-11-18(20(24)12-16)21(4)13-15(2)3/h15-20,23-24H,5-14H2,1-4H3/t16?,17-,18-,19+,20-/m0/s1. The summed E-state index contributed by atoms with van der Waals surface area (Å²) in [5, 5.41) is 20.4. The molecule has 5 nitrogen and oxygen atoms in total. The lowest BCUT2D eigenvalue weighted by Gasteiger charge is -2.30. The summed E-state index contributed by atoms with van der Waals surface area (Å²) in [4.78, 5) is 4.68. The molecule has 0 aromatic heterocycles. The zero-order valence-electron chi connectivity index (χ0n) is 16.7. The fourth-order valence-electron chi connectivity index (χ4n) is 4.75. The molecule has 0 bridgehead atoms. The first-order valence-corrected chi connectivity index (χ1v) is 10.3. The fourth-order valence-corrected chi connectivity index (χ4v) is 4.75. The predicted octanol–water partition coefficient (Wildman–Crippen LogP) is 1.97. The van der Waals surface area contributed by atoms with Crippen LogP contribution < -0.4 is 0 Å². The van der Waals surface area contributed by atoms with Crippen LogP contribution in [0.4, 0.5) is 0 Å². The van der Waals surface area contributed by atoms with E-state index in [4.69, 9.17) is 4.74 Å². The summed E-state index contributed by atoms with van der Waals surface area (Å²) in [5.41, 5.74) is 0. The Bertz CT molecular complexity index is 380. The lowest BCUT2D eigenvalue weighted by molar-refractivity contribution is 0.0351. The highest BCUT2D eigenvalue weighted by atomic mass is 16.5. The molecular weight excluding hydrogens is 316 g/mol. The molecule has 25 heavy (non-hydrogen) atoms. The van der Waals surface area contributed by atoms with E-state index in [1.165, 1.54) is 0 Å². The van der Waals surface area contributed by atoms with Gasteiger partial charge >= 0.3 is 0 Å². The molecule has 2 aliphatic rings. The third kappa shape index (κ3) is 6.17. The van der Waals surface area contributed by atoms with E-state index in [-0.39, 0.29) is 18.2 Å². The molecule has 0 saturated heterocycles. The molecule has 0 spiro atoms. The molecular formula is C20H40N2O3. The Morgan fingerprint density at radius 1 is 1.08 bits per heavy atom. The summed E-state index contributed by atoms with van der Waals surface area (Å²) in [6.07, 6.45) is 4.67. The van der Waals surface area contributed by atoms with Crippen molar-refractivity contribution >= 4 is 0 Å². The van der Waals surface area contributed by atoms with E-state index < -0.39 is 0 Å². The molecule has 0 aliphatic heterocycles. The van der Waals surface area contributed by atoms with Crippen molar-refractivity contribution in [1.82, 2.24) is 9.80 Å². The molecule has 2 aliphatic carbocycles. The van der Waals surface area contributed by atoms with Crippen molar-refractivity contribution in [3.05, 3.63) is 0 Å². The molecule has 0 aromatic carbocycles. The second-order valence-electron chi connectivity index (χ2n) is 8.57. The Morgan fingerprint density at radius 2 is 1.84 bits per heavy atom. The van der Waals surface area contributed by atoms with E-state index in [0.717, 1.165) is 65.0 Å². The van der Waals surface area contributed by atoms with Gasteiger partial charge in [0, 0.05) is 31.8 Å². The van der Waals surface area contributed by atoms with Gasteiger partial charge in [0.25, 0.3) is 0 Å². The van der Waals surface area contributed by atoms with Crippen LogP contribution in [-0.2, 0) is 4.74 Å². The van der Waals surface area contributed by atoms with Gasteiger partial charge in [0.15, 0.2) is 0 Å². The third-order valence-electron chi connectivity index (χ3n) is 6.01. The Morgan fingerprint density at radius 3 is 2.44 bits per heavy atom. The van der Waals surface area contributed by atoms with Gasteiger partial charge in [0.1, 0.15) is 0 Å². The lowest BCUT2D eigenvalue weighted by Crippen LogP contribution is -2.42. The summed E-state index contributed by atoms with van der Waals surface area (Å²) in [6.45, 7) is 11.0. The van der Waals surface area contributed by atoms with Crippen molar-refractivity contribution in [2.45, 2.75) is 77.2 Å². The number of likely N-dealkylation sites (N-methyl/N-ethyl adjacent to an activating group) is 2. The molecule has 2 N–H and O–H groups in total. The number of aliphatic hydroxyl groups is 2. The first kappa shape index (κ1) is 21.1. The molecule has 5 heteroatoms.